The summed E-state index contributed by atoms with van der Waals surface area (Å²) in [5, 5.41) is 0. The van der Waals surface area contributed by atoms with Crippen molar-refractivity contribution in [1.29, 1.82) is 0 Å². The fourth-order valence-corrected chi connectivity index (χ4v) is 28.7. The molecular weight excluding hydrogens is 1140 g/mol. The van der Waals surface area contributed by atoms with E-state index >= 15 is 0 Å². The molecule has 0 aromatic heterocycles. The maximum Gasteiger partial charge on any atom is 0.0132 e. The van der Waals surface area contributed by atoms with Gasteiger partial charge in [-0.15, -0.1) is 0 Å². The van der Waals surface area contributed by atoms with Crippen LogP contribution in [0.1, 0.15) is 363 Å². The Kier molecular flexibility index (Phi) is 23.4. The lowest BCUT2D eigenvalue weighted by atomic mass is 9.41. The maximum absolute atomic E-state index is 3.47. The van der Waals surface area contributed by atoms with Gasteiger partial charge in [-0.3, -0.25) is 19.6 Å². The standard InChI is InChI=1S/C90H152N4/c1-61-13-37-71(38-14-61)91(72-39-15-62(2)16-40-72)75-49-29-67(30-50-75)25-27-69-33-53-79(54-34-69)93(77-45-21-65(5)22-46-77)87-59-57-83-84-58-60-88(86-12-8-10-82(90(84)86)81-9-7-11-85(87)89(81)83)94(78-47-23-66(6)24-48-78)80-55-35-70(36-56-80)28-26-68-31-51-76(52-32-68)92(73-41-17-63(3)18-42-73)74-43-19-64(4)20-44-74/h25-28,61-90H,7-24,29-60H2,1-6H3/b27-25+,28-26+. The van der Waals surface area contributed by atoms with Crippen LogP contribution < -0.4 is 0 Å². The fourth-order valence-electron chi connectivity index (χ4n) is 28.7. The van der Waals surface area contributed by atoms with E-state index in [9.17, 15) is 0 Å². The van der Waals surface area contributed by atoms with Crippen molar-refractivity contribution in [3.8, 4) is 0 Å². The molecule has 10 atom stereocenters. The van der Waals surface area contributed by atoms with Gasteiger partial charge in [-0.2, -0.15) is 0 Å². The number of hydrogen-bond donors (Lipinski definition) is 0. The van der Waals surface area contributed by atoms with Crippen LogP contribution in [0.3, 0.4) is 0 Å². The number of allylic oxidation sites excluding steroid dienone is 4. The van der Waals surface area contributed by atoms with Crippen LogP contribution in [0.4, 0.5) is 0 Å². The molecule has 15 saturated carbocycles. The van der Waals surface area contributed by atoms with Crippen LogP contribution in [0.5, 0.6) is 0 Å². The summed E-state index contributed by atoms with van der Waals surface area (Å²) in [6, 6.07) is 10.5. The van der Waals surface area contributed by atoms with Crippen LogP contribution >= 0.6 is 0 Å². The number of nitrogens with zero attached hydrogens (tertiary/aromatic N) is 4. The molecule has 4 nitrogen and oxygen atoms in total. The van der Waals surface area contributed by atoms with Crippen molar-refractivity contribution in [1.82, 2.24) is 19.6 Å². The number of hydrogen-bond acceptors (Lipinski definition) is 4. The lowest BCUT2D eigenvalue weighted by molar-refractivity contribution is -0.179. The lowest BCUT2D eigenvalue weighted by Crippen LogP contribution is -2.65. The van der Waals surface area contributed by atoms with E-state index in [2.05, 4.69) is 85.4 Å². The molecular formula is C90H152N4. The van der Waals surface area contributed by atoms with Gasteiger partial charge in [0.2, 0.25) is 0 Å². The molecule has 0 spiro atoms. The Hall–Kier alpha value is -0.680. The Morgan fingerprint density at radius 2 is 0.351 bits per heavy atom. The van der Waals surface area contributed by atoms with E-state index in [1.54, 1.807) is 64.2 Å². The largest absolute Gasteiger partial charge is 0.294 e. The topological polar surface area (TPSA) is 13.0 Å². The average Bonchev–Trinajstić information content (AvgIpc) is 0.710. The van der Waals surface area contributed by atoms with Gasteiger partial charge in [0, 0.05) is 72.5 Å². The molecule has 15 rings (SSSR count). The molecule has 532 valence electrons. The summed E-state index contributed by atoms with van der Waals surface area (Å²) in [7, 11) is 0. The quantitative estimate of drug-likeness (QED) is 0.143. The van der Waals surface area contributed by atoms with Crippen molar-refractivity contribution in [2.45, 2.75) is 435 Å². The molecule has 94 heavy (non-hydrogen) atoms. The van der Waals surface area contributed by atoms with Gasteiger partial charge in [0.15, 0.2) is 0 Å². The summed E-state index contributed by atoms with van der Waals surface area (Å²) in [5.41, 5.74) is 0. The minimum Gasteiger partial charge on any atom is -0.294 e. The van der Waals surface area contributed by atoms with Crippen LogP contribution in [0.2, 0.25) is 0 Å². The van der Waals surface area contributed by atoms with Crippen LogP contribution in [-0.2, 0) is 0 Å². The van der Waals surface area contributed by atoms with Crippen molar-refractivity contribution >= 4 is 0 Å². The van der Waals surface area contributed by atoms with Crippen molar-refractivity contribution in [3.63, 3.8) is 0 Å². The van der Waals surface area contributed by atoms with Crippen LogP contribution in [0.15, 0.2) is 24.3 Å². The molecule has 15 aliphatic rings. The summed E-state index contributed by atoms with van der Waals surface area (Å²) in [6.07, 6.45) is 86.4. The Bertz CT molecular complexity index is 2100. The van der Waals surface area contributed by atoms with Gasteiger partial charge in [-0.05, 0) is 415 Å². The minimum atomic E-state index is 0.836. The van der Waals surface area contributed by atoms with Gasteiger partial charge in [-0.1, -0.05) is 78.7 Å². The van der Waals surface area contributed by atoms with Crippen LogP contribution in [0.25, 0.3) is 0 Å². The van der Waals surface area contributed by atoms with Crippen molar-refractivity contribution in [2.24, 2.45) is 107 Å². The highest BCUT2D eigenvalue weighted by Crippen LogP contribution is 2.66. The van der Waals surface area contributed by atoms with Crippen LogP contribution in [0, 0.1) is 107 Å². The van der Waals surface area contributed by atoms with Crippen molar-refractivity contribution < 1.29 is 0 Å². The molecule has 0 aromatic rings. The Morgan fingerprint density at radius 1 is 0.170 bits per heavy atom. The molecule has 10 unspecified atom stereocenters. The lowest BCUT2D eigenvalue weighted by Gasteiger charge is -2.67. The third-order valence-corrected chi connectivity index (χ3v) is 34.0. The molecule has 0 amide bonds. The van der Waals surface area contributed by atoms with E-state index in [1.165, 1.54) is 257 Å². The maximum atomic E-state index is 3.47. The summed E-state index contributed by atoms with van der Waals surface area (Å²) in [4.78, 5) is 13.4. The number of rotatable bonds is 16. The molecule has 0 N–H and O–H groups in total. The first-order chi connectivity index (χ1) is 46.0. The zero-order valence-corrected chi connectivity index (χ0v) is 62.8. The first kappa shape index (κ1) is 69.1. The highest BCUT2D eigenvalue weighted by molar-refractivity contribution is 5.13. The SMILES string of the molecule is CC1CCC(N(C2CCC(C)CC2)C2CCC(/C=C/C3CCC(N(C4CCC(C)CC4)C4CCC5C6CCC(N(C7CCC(C)CC7)C7CCC(/C=C/C8CCC(N(C9CCC(C)CC9)C9CCC(C)CC9)CC8)CC7)C7CCCC(C8CCCC4C85)C67)CC3)CC2)CC1. The first-order valence-corrected chi connectivity index (χ1v) is 44.5. The first-order valence-electron chi connectivity index (χ1n) is 44.5. The molecule has 0 aromatic carbocycles. The van der Waals surface area contributed by atoms with Gasteiger partial charge < -0.3 is 0 Å². The predicted octanol–water partition coefficient (Wildman–Crippen LogP) is 23.7. The monoisotopic (exact) mass is 1290 g/mol. The molecule has 0 bridgehead atoms. The summed E-state index contributed by atoms with van der Waals surface area (Å²) in [5.74, 6) is 17.4. The third-order valence-electron chi connectivity index (χ3n) is 34.0. The van der Waals surface area contributed by atoms with E-state index in [1.807, 2.05) is 0 Å². The van der Waals surface area contributed by atoms with Gasteiger partial charge in [-0.25, -0.2) is 0 Å². The van der Waals surface area contributed by atoms with E-state index in [4.69, 9.17) is 0 Å². The predicted molar refractivity (Wildman–Crippen MR) is 399 cm³/mol. The second-order valence-electron chi connectivity index (χ2n) is 39.6. The van der Waals surface area contributed by atoms with Crippen molar-refractivity contribution in [3.05, 3.63) is 24.3 Å². The van der Waals surface area contributed by atoms with Crippen molar-refractivity contribution in [2.75, 3.05) is 0 Å². The van der Waals surface area contributed by atoms with E-state index < -0.39 is 0 Å². The second-order valence-corrected chi connectivity index (χ2v) is 39.6. The summed E-state index contributed by atoms with van der Waals surface area (Å²) >= 11 is 0. The molecule has 0 heterocycles. The fraction of sp³-hybridized carbons (Fsp3) is 0.956. The summed E-state index contributed by atoms with van der Waals surface area (Å²) in [6.45, 7) is 15.3. The second kappa shape index (κ2) is 31.9. The Morgan fingerprint density at radius 3 is 0.574 bits per heavy atom. The molecule has 4 heteroatoms. The smallest absolute Gasteiger partial charge is 0.0132 e. The third kappa shape index (κ3) is 15.5. The van der Waals surface area contributed by atoms with Gasteiger partial charge in [0.1, 0.15) is 0 Å². The highest BCUT2D eigenvalue weighted by Gasteiger charge is 2.62. The van der Waals surface area contributed by atoms with E-state index in [0.717, 1.165) is 179 Å². The minimum absolute atomic E-state index is 0.836. The average molecular weight is 1290 g/mol. The van der Waals surface area contributed by atoms with E-state index in [-0.39, 0.29) is 0 Å². The molecule has 0 saturated heterocycles. The zero-order chi connectivity index (χ0) is 63.8. The molecule has 0 radical (unpaired) electrons. The molecule has 15 aliphatic carbocycles. The Balaban J connectivity index is 0.576. The van der Waals surface area contributed by atoms with E-state index in [0.29, 0.717) is 0 Å². The van der Waals surface area contributed by atoms with Gasteiger partial charge in [0.05, 0.1) is 0 Å². The summed E-state index contributed by atoms with van der Waals surface area (Å²) < 4.78 is 0. The zero-order valence-electron chi connectivity index (χ0n) is 62.8. The molecule has 15 fully saturated rings. The molecule has 0 aliphatic heterocycles. The number of fused-ring (bicyclic) bond motifs is 2. The normalized spacial score (nSPS) is 49.3. The van der Waals surface area contributed by atoms with Gasteiger partial charge >= 0.3 is 0 Å². The van der Waals surface area contributed by atoms with Gasteiger partial charge in [0.25, 0.3) is 0 Å². The Labute approximate surface area is 582 Å². The van der Waals surface area contributed by atoms with Crippen LogP contribution in [-0.4, -0.2) is 92.1 Å². The highest BCUT2D eigenvalue weighted by atomic mass is 15.3.